The van der Waals surface area contributed by atoms with Gasteiger partial charge in [0.2, 0.25) is 0 Å². The Morgan fingerprint density at radius 3 is 3.20 bits per heavy atom. The number of fused-ring (bicyclic) bond motifs is 1. The van der Waals surface area contributed by atoms with Crippen molar-refractivity contribution in [2.24, 2.45) is 5.92 Å². The number of nitrogens with one attached hydrogen (secondary N) is 1. The molecule has 2 heterocycles. The summed E-state index contributed by atoms with van der Waals surface area (Å²) in [4.78, 5) is 2.39. The minimum absolute atomic E-state index is 0.743. The van der Waals surface area contributed by atoms with Crippen molar-refractivity contribution in [3.63, 3.8) is 0 Å². The quantitative estimate of drug-likeness (QED) is 0.532. The molecule has 10 heavy (non-hydrogen) atoms. The highest BCUT2D eigenvalue weighted by atomic mass is 15.3. The van der Waals surface area contributed by atoms with Gasteiger partial charge in [-0.15, -0.1) is 0 Å². The molecule has 0 aromatic rings. The largest absolute Gasteiger partial charge is 0.370 e. The lowest BCUT2D eigenvalue weighted by atomic mass is 10.0. The number of nitrogens with zero attached hydrogens (tertiary/aromatic N) is 1. The molecule has 0 aliphatic carbocycles. The predicted octanol–water partition coefficient (Wildman–Crippen LogP) is 0.771. The second-order valence-corrected chi connectivity index (χ2v) is 3.35. The van der Waals surface area contributed by atoms with Gasteiger partial charge in [0, 0.05) is 13.1 Å². The van der Waals surface area contributed by atoms with Crippen LogP contribution in [0.4, 0.5) is 0 Å². The van der Waals surface area contributed by atoms with Crippen molar-refractivity contribution in [3.8, 4) is 0 Å². The Morgan fingerprint density at radius 2 is 2.50 bits per heavy atom. The Hall–Kier alpha value is -0.660. The topological polar surface area (TPSA) is 15.3 Å². The first-order valence-electron chi connectivity index (χ1n) is 3.98. The van der Waals surface area contributed by atoms with Gasteiger partial charge in [0.25, 0.3) is 0 Å². The number of rotatable bonds is 0. The van der Waals surface area contributed by atoms with Crippen LogP contribution in [-0.4, -0.2) is 24.0 Å². The smallest absolute Gasteiger partial charge is 0.0942 e. The molecule has 2 aliphatic heterocycles. The maximum Gasteiger partial charge on any atom is 0.0942 e. The maximum atomic E-state index is 3.95. The zero-order valence-electron chi connectivity index (χ0n) is 6.43. The highest BCUT2D eigenvalue weighted by molar-refractivity contribution is 5.07. The van der Waals surface area contributed by atoms with Crippen LogP contribution in [-0.2, 0) is 0 Å². The van der Waals surface area contributed by atoms with Gasteiger partial charge in [-0.05, 0) is 12.3 Å². The fourth-order valence-corrected chi connectivity index (χ4v) is 1.98. The Kier molecular flexibility index (Phi) is 1.16. The molecule has 0 saturated carbocycles. The highest BCUT2D eigenvalue weighted by Gasteiger charge is 2.35. The zero-order valence-corrected chi connectivity index (χ0v) is 6.43. The third-order valence-electron chi connectivity index (χ3n) is 2.74. The van der Waals surface area contributed by atoms with Gasteiger partial charge in [-0.2, -0.15) is 0 Å². The summed E-state index contributed by atoms with van der Waals surface area (Å²) in [5, 5.41) is 3.28. The van der Waals surface area contributed by atoms with Gasteiger partial charge in [-0.25, -0.2) is 0 Å². The summed E-state index contributed by atoms with van der Waals surface area (Å²) in [5.74, 6) is 1.99. The van der Waals surface area contributed by atoms with E-state index in [9.17, 15) is 0 Å². The SMILES string of the molecule is C=C1NCC2C(C)CCN12. The lowest BCUT2D eigenvalue weighted by molar-refractivity contribution is 0.349. The van der Waals surface area contributed by atoms with Gasteiger partial charge in [-0.3, -0.25) is 0 Å². The fourth-order valence-electron chi connectivity index (χ4n) is 1.98. The van der Waals surface area contributed by atoms with Crippen molar-refractivity contribution in [1.82, 2.24) is 10.2 Å². The van der Waals surface area contributed by atoms with Gasteiger partial charge in [0.1, 0.15) is 0 Å². The van der Waals surface area contributed by atoms with Crippen LogP contribution in [0.1, 0.15) is 13.3 Å². The van der Waals surface area contributed by atoms with Crippen LogP contribution in [0.15, 0.2) is 12.4 Å². The second kappa shape index (κ2) is 1.91. The van der Waals surface area contributed by atoms with E-state index in [0.717, 1.165) is 24.3 Å². The molecule has 2 rings (SSSR count). The average molecular weight is 138 g/mol. The number of hydrogen-bond acceptors (Lipinski definition) is 2. The Morgan fingerprint density at radius 1 is 1.70 bits per heavy atom. The Balaban J connectivity index is 2.16. The first-order valence-corrected chi connectivity index (χ1v) is 3.98. The molecule has 1 N–H and O–H groups in total. The molecular formula is C8H14N2. The summed E-state index contributed by atoms with van der Waals surface area (Å²) < 4.78 is 0. The van der Waals surface area contributed by atoms with Crippen molar-refractivity contribution in [1.29, 1.82) is 0 Å². The van der Waals surface area contributed by atoms with Crippen molar-refractivity contribution in [3.05, 3.63) is 12.4 Å². The van der Waals surface area contributed by atoms with Crippen LogP contribution in [0.5, 0.6) is 0 Å². The van der Waals surface area contributed by atoms with Gasteiger partial charge < -0.3 is 10.2 Å². The molecule has 2 aliphatic rings. The normalized spacial score (nSPS) is 38.1. The predicted molar refractivity (Wildman–Crippen MR) is 41.4 cm³/mol. The Labute approximate surface area is 61.9 Å². The molecule has 0 spiro atoms. The van der Waals surface area contributed by atoms with E-state index in [4.69, 9.17) is 0 Å². The summed E-state index contributed by atoms with van der Waals surface area (Å²) in [5.41, 5.74) is 0. The summed E-state index contributed by atoms with van der Waals surface area (Å²) in [6.07, 6.45) is 1.34. The number of hydrogen-bond donors (Lipinski definition) is 1. The van der Waals surface area contributed by atoms with Crippen LogP contribution in [0.2, 0.25) is 0 Å². The molecule has 0 aromatic carbocycles. The molecule has 0 radical (unpaired) electrons. The third kappa shape index (κ3) is 0.648. The van der Waals surface area contributed by atoms with Gasteiger partial charge in [-0.1, -0.05) is 13.5 Å². The van der Waals surface area contributed by atoms with Crippen molar-refractivity contribution in [2.45, 2.75) is 19.4 Å². The standard InChI is InChI=1S/C8H14N2/c1-6-3-4-10-7(2)9-5-8(6)10/h6,8-9H,2-5H2,1H3. The molecule has 2 unspecified atom stereocenters. The first kappa shape index (κ1) is 6.08. The third-order valence-corrected chi connectivity index (χ3v) is 2.74. The van der Waals surface area contributed by atoms with Crippen LogP contribution in [0.25, 0.3) is 0 Å². The van der Waals surface area contributed by atoms with E-state index >= 15 is 0 Å². The lowest BCUT2D eigenvalue weighted by Crippen LogP contribution is -2.25. The van der Waals surface area contributed by atoms with Crippen LogP contribution < -0.4 is 5.32 Å². The minimum atomic E-state index is 0.743. The van der Waals surface area contributed by atoms with Crippen molar-refractivity contribution >= 4 is 0 Å². The van der Waals surface area contributed by atoms with E-state index in [1.165, 1.54) is 13.0 Å². The molecule has 2 heteroatoms. The van der Waals surface area contributed by atoms with E-state index in [-0.39, 0.29) is 0 Å². The van der Waals surface area contributed by atoms with Crippen molar-refractivity contribution < 1.29 is 0 Å². The summed E-state index contributed by atoms with van der Waals surface area (Å²) in [6, 6.07) is 0.743. The highest BCUT2D eigenvalue weighted by Crippen LogP contribution is 2.29. The maximum absolute atomic E-state index is 3.95. The van der Waals surface area contributed by atoms with Crippen LogP contribution in [0.3, 0.4) is 0 Å². The van der Waals surface area contributed by atoms with Crippen molar-refractivity contribution in [2.75, 3.05) is 13.1 Å². The van der Waals surface area contributed by atoms with E-state index in [2.05, 4.69) is 23.7 Å². The molecule has 0 amide bonds. The van der Waals surface area contributed by atoms with E-state index in [0.29, 0.717) is 0 Å². The molecule has 2 atom stereocenters. The molecule has 56 valence electrons. The molecule has 0 aromatic heterocycles. The van der Waals surface area contributed by atoms with E-state index in [1.807, 2.05) is 0 Å². The average Bonchev–Trinajstić information content (AvgIpc) is 2.41. The summed E-state index contributed by atoms with van der Waals surface area (Å²) in [6.45, 7) is 8.59. The lowest BCUT2D eigenvalue weighted by Gasteiger charge is -2.17. The zero-order chi connectivity index (χ0) is 7.14. The molecular weight excluding hydrogens is 124 g/mol. The minimum Gasteiger partial charge on any atom is -0.370 e. The molecule has 2 nitrogen and oxygen atoms in total. The summed E-state index contributed by atoms with van der Waals surface area (Å²) >= 11 is 0. The molecule has 2 fully saturated rings. The van der Waals surface area contributed by atoms with Gasteiger partial charge in [0.15, 0.2) is 0 Å². The fraction of sp³-hybridized carbons (Fsp3) is 0.750. The van der Waals surface area contributed by atoms with E-state index in [1.54, 1.807) is 0 Å². The van der Waals surface area contributed by atoms with E-state index < -0.39 is 0 Å². The van der Waals surface area contributed by atoms with Gasteiger partial charge in [0.05, 0.1) is 11.9 Å². The van der Waals surface area contributed by atoms with Crippen LogP contribution >= 0.6 is 0 Å². The summed E-state index contributed by atoms with van der Waals surface area (Å²) in [7, 11) is 0. The monoisotopic (exact) mass is 138 g/mol. The first-order chi connectivity index (χ1) is 4.79. The molecule has 0 bridgehead atoms. The Bertz CT molecular complexity index is 165. The van der Waals surface area contributed by atoms with Crippen LogP contribution in [0, 0.1) is 5.92 Å². The molecule has 2 saturated heterocycles. The second-order valence-electron chi connectivity index (χ2n) is 3.35. The van der Waals surface area contributed by atoms with Gasteiger partial charge >= 0.3 is 0 Å².